The fourth-order valence-electron chi connectivity index (χ4n) is 11.5. The van der Waals surface area contributed by atoms with Gasteiger partial charge in [0.25, 0.3) is 0 Å². The van der Waals surface area contributed by atoms with E-state index in [1.54, 1.807) is 5.56 Å². The maximum Gasteiger partial charge on any atom is 0.135 e. The van der Waals surface area contributed by atoms with Crippen LogP contribution in [0.1, 0.15) is 44.1 Å². The minimum Gasteiger partial charge on any atom is -0.456 e. The van der Waals surface area contributed by atoms with Gasteiger partial charge in [-0.05, 0) is 151 Å². The molecule has 9 aromatic rings. The highest BCUT2D eigenvalue weighted by Crippen LogP contribution is 2.61. The molecule has 0 saturated heterocycles. The Bertz CT molecular complexity index is 2860. The number of nitrogens with zero attached hydrogens (tertiary/aromatic N) is 2. The summed E-state index contributed by atoms with van der Waals surface area (Å²) in [6, 6.07) is 60.3. The van der Waals surface area contributed by atoms with Crippen LogP contribution in [0.15, 0.2) is 168 Å². The lowest BCUT2D eigenvalue weighted by atomic mass is 9.48. The minimum atomic E-state index is 0.372. The number of fused-ring (bicyclic) bond motifs is 6. The van der Waals surface area contributed by atoms with Crippen molar-refractivity contribution in [2.75, 3.05) is 4.90 Å². The molecule has 4 aliphatic carbocycles. The van der Waals surface area contributed by atoms with Crippen molar-refractivity contribution in [1.82, 2.24) is 4.57 Å². The summed E-state index contributed by atoms with van der Waals surface area (Å²) < 4.78 is 8.56. The molecule has 7 aromatic carbocycles. The van der Waals surface area contributed by atoms with Gasteiger partial charge in [0.05, 0.1) is 11.0 Å². The van der Waals surface area contributed by atoms with Crippen LogP contribution in [0.4, 0.5) is 17.1 Å². The van der Waals surface area contributed by atoms with Crippen LogP contribution in [0.25, 0.3) is 60.6 Å². The van der Waals surface area contributed by atoms with Crippen LogP contribution in [-0.2, 0) is 5.41 Å². The van der Waals surface area contributed by atoms with Gasteiger partial charge in [-0.15, -0.1) is 0 Å². The smallest absolute Gasteiger partial charge is 0.135 e. The van der Waals surface area contributed by atoms with Crippen molar-refractivity contribution in [3.8, 4) is 16.8 Å². The molecule has 0 amide bonds. The van der Waals surface area contributed by atoms with E-state index in [0.29, 0.717) is 5.41 Å². The molecule has 3 heteroatoms. The van der Waals surface area contributed by atoms with E-state index in [4.69, 9.17) is 4.42 Å². The van der Waals surface area contributed by atoms with Crippen LogP contribution >= 0.6 is 0 Å². The van der Waals surface area contributed by atoms with Crippen molar-refractivity contribution in [2.45, 2.75) is 43.9 Å². The number of anilines is 3. The molecule has 0 radical (unpaired) electrons. The van der Waals surface area contributed by atoms with Crippen molar-refractivity contribution in [3.05, 3.63) is 169 Å². The minimum absolute atomic E-state index is 0.372. The van der Waals surface area contributed by atoms with Gasteiger partial charge in [-0.2, -0.15) is 0 Å². The van der Waals surface area contributed by atoms with Crippen molar-refractivity contribution >= 4 is 60.8 Å². The Morgan fingerprint density at radius 1 is 0.455 bits per heavy atom. The SMILES string of the molecule is c1ccc(-n2c3ccccc3c3ccc(N(c4ccc(-c5ccc6oc7ccccc7c6c5)cc4)c4ccc(C56CC7CC(CC(C7)C5)C6)cc4)cc32)cc1. The number of aromatic nitrogens is 1. The zero-order valence-corrected chi connectivity index (χ0v) is 30.9. The monoisotopic (exact) mass is 710 g/mol. The summed E-state index contributed by atoms with van der Waals surface area (Å²) in [5.41, 5.74) is 13.2. The third kappa shape index (κ3) is 4.95. The molecule has 266 valence electrons. The van der Waals surface area contributed by atoms with E-state index in [1.165, 1.54) is 82.8 Å². The predicted octanol–water partition coefficient (Wildman–Crippen LogP) is 14.3. The van der Waals surface area contributed by atoms with Gasteiger partial charge in [0.1, 0.15) is 11.2 Å². The van der Waals surface area contributed by atoms with Crippen LogP contribution in [-0.4, -0.2) is 4.57 Å². The molecule has 4 fully saturated rings. The summed E-state index contributed by atoms with van der Waals surface area (Å²) in [6.07, 6.45) is 8.54. The van der Waals surface area contributed by atoms with Gasteiger partial charge in [0, 0.05) is 44.3 Å². The summed E-state index contributed by atoms with van der Waals surface area (Å²) in [4.78, 5) is 2.45. The number of para-hydroxylation sites is 3. The Hall–Kier alpha value is -6.06. The largest absolute Gasteiger partial charge is 0.456 e. The number of hydrogen-bond donors (Lipinski definition) is 0. The number of hydrogen-bond acceptors (Lipinski definition) is 2. The Kier molecular flexibility index (Phi) is 6.81. The summed E-state index contributed by atoms with van der Waals surface area (Å²) >= 11 is 0. The zero-order chi connectivity index (χ0) is 36.1. The van der Waals surface area contributed by atoms with E-state index in [2.05, 4.69) is 161 Å². The van der Waals surface area contributed by atoms with Gasteiger partial charge in [0.2, 0.25) is 0 Å². The molecule has 0 unspecified atom stereocenters. The first-order valence-corrected chi connectivity index (χ1v) is 20.2. The van der Waals surface area contributed by atoms with E-state index in [1.807, 2.05) is 12.1 Å². The van der Waals surface area contributed by atoms with Crippen LogP contribution in [0.5, 0.6) is 0 Å². The first-order chi connectivity index (χ1) is 27.2. The molecule has 4 bridgehead atoms. The summed E-state index contributed by atoms with van der Waals surface area (Å²) in [5, 5.41) is 4.84. The van der Waals surface area contributed by atoms with Gasteiger partial charge in [-0.3, -0.25) is 0 Å². The molecular formula is C52H42N2O. The Morgan fingerprint density at radius 3 is 1.78 bits per heavy atom. The molecule has 0 aliphatic heterocycles. The highest BCUT2D eigenvalue weighted by molar-refractivity contribution is 6.10. The third-order valence-corrected chi connectivity index (χ3v) is 13.5. The molecule has 4 aliphatic rings. The van der Waals surface area contributed by atoms with E-state index in [9.17, 15) is 0 Å². The predicted molar refractivity (Wildman–Crippen MR) is 228 cm³/mol. The first kappa shape index (κ1) is 31.3. The van der Waals surface area contributed by atoms with Gasteiger partial charge >= 0.3 is 0 Å². The van der Waals surface area contributed by atoms with Crippen LogP contribution in [0.3, 0.4) is 0 Å². The Labute approximate surface area is 321 Å². The molecule has 4 saturated carbocycles. The van der Waals surface area contributed by atoms with Crippen LogP contribution in [0, 0.1) is 17.8 Å². The standard InChI is InChI=1S/C52H42N2O/c1-2-8-40(9-3-1)54-48-12-6-4-10-44(48)45-24-23-43(30-49(45)54)53(42-21-17-39(18-22-42)52-31-34-26-35(32-52)28-36(27-34)33-52)41-19-14-37(15-20-41)38-16-25-51-47(29-38)46-11-5-7-13-50(46)55-51/h1-25,29-30,34-36H,26-28,31-33H2. The van der Waals surface area contributed by atoms with Crippen LogP contribution < -0.4 is 4.90 Å². The van der Waals surface area contributed by atoms with E-state index in [-0.39, 0.29) is 0 Å². The second-order valence-electron chi connectivity index (χ2n) is 16.8. The Morgan fingerprint density at radius 2 is 1.04 bits per heavy atom. The lowest BCUT2D eigenvalue weighted by molar-refractivity contribution is -0.00518. The average Bonchev–Trinajstić information content (AvgIpc) is 3.76. The Balaban J connectivity index is 0.988. The number of rotatable bonds is 6. The zero-order valence-electron chi connectivity index (χ0n) is 30.9. The summed E-state index contributed by atoms with van der Waals surface area (Å²) in [5.74, 6) is 2.78. The summed E-state index contributed by atoms with van der Waals surface area (Å²) in [6.45, 7) is 0. The van der Waals surface area contributed by atoms with Crippen molar-refractivity contribution in [3.63, 3.8) is 0 Å². The van der Waals surface area contributed by atoms with Crippen molar-refractivity contribution in [2.24, 2.45) is 17.8 Å². The summed E-state index contributed by atoms with van der Waals surface area (Å²) in [7, 11) is 0. The topological polar surface area (TPSA) is 21.3 Å². The number of furan rings is 1. The van der Waals surface area contributed by atoms with E-state index < -0.39 is 0 Å². The highest BCUT2D eigenvalue weighted by Gasteiger charge is 2.51. The fourth-order valence-corrected chi connectivity index (χ4v) is 11.5. The second kappa shape index (κ2) is 12.0. The van der Waals surface area contributed by atoms with E-state index >= 15 is 0 Å². The lowest BCUT2D eigenvalue weighted by Crippen LogP contribution is -2.48. The maximum absolute atomic E-state index is 6.15. The van der Waals surface area contributed by atoms with Gasteiger partial charge in [0.15, 0.2) is 0 Å². The molecule has 2 aromatic heterocycles. The van der Waals surface area contributed by atoms with Gasteiger partial charge < -0.3 is 13.9 Å². The molecule has 0 spiro atoms. The number of benzene rings is 7. The van der Waals surface area contributed by atoms with Crippen molar-refractivity contribution < 1.29 is 4.42 Å². The molecule has 13 rings (SSSR count). The first-order valence-electron chi connectivity index (χ1n) is 20.2. The lowest BCUT2D eigenvalue weighted by Gasteiger charge is -2.57. The fraction of sp³-hybridized carbons (Fsp3) is 0.192. The quantitative estimate of drug-likeness (QED) is 0.171. The van der Waals surface area contributed by atoms with E-state index in [0.717, 1.165) is 51.1 Å². The molecule has 3 nitrogen and oxygen atoms in total. The highest BCUT2D eigenvalue weighted by atomic mass is 16.3. The maximum atomic E-state index is 6.15. The molecule has 55 heavy (non-hydrogen) atoms. The molecule has 2 heterocycles. The van der Waals surface area contributed by atoms with Gasteiger partial charge in [-0.25, -0.2) is 0 Å². The van der Waals surface area contributed by atoms with Crippen molar-refractivity contribution in [1.29, 1.82) is 0 Å². The normalized spacial score (nSPS) is 21.6. The van der Waals surface area contributed by atoms with Gasteiger partial charge in [-0.1, -0.05) is 91.0 Å². The molecular weight excluding hydrogens is 669 g/mol. The average molecular weight is 711 g/mol. The molecule has 0 N–H and O–H groups in total. The molecule has 0 atom stereocenters. The van der Waals surface area contributed by atoms with Crippen LogP contribution in [0.2, 0.25) is 0 Å². The third-order valence-electron chi connectivity index (χ3n) is 13.5. The second-order valence-corrected chi connectivity index (χ2v) is 16.8.